The predicted molar refractivity (Wildman–Crippen MR) is 104 cm³/mol. The summed E-state index contributed by atoms with van der Waals surface area (Å²) in [5, 5.41) is 7.64. The molecule has 0 saturated heterocycles. The van der Waals surface area contributed by atoms with Crippen LogP contribution >= 0.6 is 0 Å². The number of rotatable bonds is 8. The van der Waals surface area contributed by atoms with Gasteiger partial charge < -0.3 is 29.1 Å². The van der Waals surface area contributed by atoms with Crippen LogP contribution in [0.5, 0.6) is 23.0 Å². The molecule has 1 atom stereocenters. The van der Waals surface area contributed by atoms with Crippen molar-refractivity contribution in [3.8, 4) is 23.0 Å². The minimum atomic E-state index is 0.0165. The van der Waals surface area contributed by atoms with Crippen molar-refractivity contribution in [2.24, 2.45) is 5.16 Å². The second-order valence-corrected chi connectivity index (χ2v) is 6.78. The van der Waals surface area contributed by atoms with E-state index in [1.807, 2.05) is 24.3 Å². The summed E-state index contributed by atoms with van der Waals surface area (Å²) >= 11 is 0. The van der Waals surface area contributed by atoms with Crippen molar-refractivity contribution in [2.45, 2.75) is 25.5 Å². The molecule has 0 bridgehead atoms. The largest absolute Gasteiger partial charge is 0.497 e. The minimum absolute atomic E-state index is 0.0165. The van der Waals surface area contributed by atoms with Crippen LogP contribution in [0.15, 0.2) is 41.6 Å². The van der Waals surface area contributed by atoms with E-state index in [9.17, 15) is 0 Å². The van der Waals surface area contributed by atoms with Crippen molar-refractivity contribution >= 4 is 5.71 Å². The third kappa shape index (κ3) is 4.14. The molecule has 4 rings (SSSR count). The summed E-state index contributed by atoms with van der Waals surface area (Å²) in [6, 6.07) is 12.0. The van der Waals surface area contributed by atoms with Crippen LogP contribution in [-0.2, 0) is 17.8 Å². The molecule has 0 saturated carbocycles. The SMILES string of the molecule is COc1ccc(CNCC2=NO[C@H](Cc3cc(OC)c4c(c3)OCO4)C2)cc1. The lowest BCUT2D eigenvalue weighted by molar-refractivity contribution is 0.0858. The van der Waals surface area contributed by atoms with E-state index in [1.165, 1.54) is 5.56 Å². The Kier molecular flexibility index (Phi) is 5.53. The van der Waals surface area contributed by atoms with E-state index in [0.29, 0.717) is 18.0 Å². The molecule has 2 aromatic carbocycles. The average Bonchev–Trinajstić information content (AvgIpc) is 3.37. The van der Waals surface area contributed by atoms with E-state index in [-0.39, 0.29) is 12.9 Å². The Morgan fingerprint density at radius 3 is 2.68 bits per heavy atom. The highest BCUT2D eigenvalue weighted by molar-refractivity contribution is 5.87. The third-order valence-electron chi connectivity index (χ3n) is 4.79. The maximum atomic E-state index is 5.61. The minimum Gasteiger partial charge on any atom is -0.497 e. The van der Waals surface area contributed by atoms with Crippen LogP contribution in [-0.4, -0.2) is 39.4 Å². The molecule has 2 aliphatic rings. The number of oxime groups is 1. The molecule has 2 heterocycles. The van der Waals surface area contributed by atoms with Crippen LogP contribution in [0, 0.1) is 0 Å². The number of nitrogens with zero attached hydrogens (tertiary/aromatic N) is 1. The lowest BCUT2D eigenvalue weighted by Gasteiger charge is -2.11. The van der Waals surface area contributed by atoms with E-state index >= 15 is 0 Å². The molecule has 0 aromatic heterocycles. The van der Waals surface area contributed by atoms with Gasteiger partial charge in [0.2, 0.25) is 12.5 Å². The van der Waals surface area contributed by atoms with Crippen molar-refractivity contribution in [2.75, 3.05) is 27.6 Å². The van der Waals surface area contributed by atoms with Gasteiger partial charge in [-0.2, -0.15) is 0 Å². The van der Waals surface area contributed by atoms with Crippen LogP contribution < -0.4 is 24.3 Å². The molecule has 7 nitrogen and oxygen atoms in total. The molecular weight excluding hydrogens is 360 g/mol. The average molecular weight is 384 g/mol. The van der Waals surface area contributed by atoms with Crippen molar-refractivity contribution in [1.29, 1.82) is 0 Å². The highest BCUT2D eigenvalue weighted by Crippen LogP contribution is 2.42. The Morgan fingerprint density at radius 1 is 1.04 bits per heavy atom. The van der Waals surface area contributed by atoms with E-state index in [4.69, 9.17) is 23.8 Å². The van der Waals surface area contributed by atoms with Gasteiger partial charge in [-0.25, -0.2) is 0 Å². The number of nitrogens with one attached hydrogen (secondary N) is 1. The van der Waals surface area contributed by atoms with E-state index in [0.717, 1.165) is 42.2 Å². The highest BCUT2D eigenvalue weighted by Gasteiger charge is 2.24. The lowest BCUT2D eigenvalue weighted by atomic mass is 10.0. The Morgan fingerprint density at radius 2 is 1.89 bits per heavy atom. The molecule has 0 radical (unpaired) electrons. The van der Waals surface area contributed by atoms with Crippen LogP contribution in [0.25, 0.3) is 0 Å². The summed E-state index contributed by atoms with van der Waals surface area (Å²) in [7, 11) is 3.30. The van der Waals surface area contributed by atoms with Crippen LogP contribution in [0.4, 0.5) is 0 Å². The molecule has 0 unspecified atom stereocenters. The van der Waals surface area contributed by atoms with E-state index < -0.39 is 0 Å². The molecular formula is C21H24N2O5. The first-order chi connectivity index (χ1) is 13.7. The molecule has 0 fully saturated rings. The fraction of sp³-hybridized carbons (Fsp3) is 0.381. The van der Waals surface area contributed by atoms with Crippen molar-refractivity contribution in [1.82, 2.24) is 5.32 Å². The molecule has 7 heteroatoms. The zero-order valence-electron chi connectivity index (χ0n) is 16.1. The number of methoxy groups -OCH3 is 2. The third-order valence-corrected chi connectivity index (χ3v) is 4.79. The fourth-order valence-electron chi connectivity index (χ4n) is 3.36. The predicted octanol–water partition coefficient (Wildman–Crippen LogP) is 2.91. The summed E-state index contributed by atoms with van der Waals surface area (Å²) in [4.78, 5) is 5.61. The highest BCUT2D eigenvalue weighted by atomic mass is 16.7. The summed E-state index contributed by atoms with van der Waals surface area (Å²) in [5.41, 5.74) is 3.30. The molecule has 28 heavy (non-hydrogen) atoms. The summed E-state index contributed by atoms with van der Waals surface area (Å²) < 4.78 is 21.5. The first-order valence-corrected chi connectivity index (χ1v) is 9.27. The van der Waals surface area contributed by atoms with Gasteiger partial charge in [0.15, 0.2) is 11.5 Å². The normalized spacial score (nSPS) is 17.2. The van der Waals surface area contributed by atoms with Crippen LogP contribution in [0.3, 0.4) is 0 Å². The number of hydrogen-bond acceptors (Lipinski definition) is 7. The second kappa shape index (κ2) is 8.39. The first-order valence-electron chi connectivity index (χ1n) is 9.27. The molecule has 0 spiro atoms. The quantitative estimate of drug-likeness (QED) is 0.755. The van der Waals surface area contributed by atoms with Crippen LogP contribution in [0.2, 0.25) is 0 Å². The molecule has 2 aliphatic heterocycles. The zero-order chi connectivity index (χ0) is 19.3. The van der Waals surface area contributed by atoms with Gasteiger partial charge in [-0.1, -0.05) is 17.3 Å². The summed E-state index contributed by atoms with van der Waals surface area (Å²) in [6.07, 6.45) is 1.55. The van der Waals surface area contributed by atoms with Crippen LogP contribution in [0.1, 0.15) is 17.5 Å². The Bertz CT molecular complexity index is 851. The van der Waals surface area contributed by atoms with Gasteiger partial charge in [0.25, 0.3) is 0 Å². The fourth-order valence-corrected chi connectivity index (χ4v) is 3.36. The molecule has 0 amide bonds. The Labute approximate surface area is 164 Å². The number of benzene rings is 2. The summed E-state index contributed by atoms with van der Waals surface area (Å²) in [5.74, 6) is 2.93. The van der Waals surface area contributed by atoms with E-state index in [1.54, 1.807) is 14.2 Å². The van der Waals surface area contributed by atoms with Gasteiger partial charge in [-0.3, -0.25) is 0 Å². The number of hydrogen-bond donors (Lipinski definition) is 1. The van der Waals surface area contributed by atoms with Crippen molar-refractivity contribution < 1.29 is 23.8 Å². The smallest absolute Gasteiger partial charge is 0.231 e. The van der Waals surface area contributed by atoms with E-state index in [2.05, 4.69) is 22.6 Å². The lowest BCUT2D eigenvalue weighted by Crippen LogP contribution is -2.23. The van der Waals surface area contributed by atoms with Gasteiger partial charge in [0, 0.05) is 25.9 Å². The second-order valence-electron chi connectivity index (χ2n) is 6.78. The van der Waals surface area contributed by atoms with Gasteiger partial charge in [0.05, 0.1) is 19.9 Å². The summed E-state index contributed by atoms with van der Waals surface area (Å²) in [6.45, 7) is 1.70. The molecule has 0 aliphatic carbocycles. The zero-order valence-corrected chi connectivity index (χ0v) is 16.1. The molecule has 148 valence electrons. The maximum absolute atomic E-state index is 5.61. The topological polar surface area (TPSA) is 70.5 Å². The Hall–Kier alpha value is -2.93. The number of fused-ring (bicyclic) bond motifs is 1. The monoisotopic (exact) mass is 384 g/mol. The first kappa shape index (κ1) is 18.4. The Balaban J connectivity index is 1.26. The molecule has 1 N–H and O–H groups in total. The van der Waals surface area contributed by atoms with Gasteiger partial charge >= 0.3 is 0 Å². The van der Waals surface area contributed by atoms with Gasteiger partial charge in [-0.15, -0.1) is 0 Å². The molecule has 2 aromatic rings. The van der Waals surface area contributed by atoms with Gasteiger partial charge in [0.1, 0.15) is 11.9 Å². The maximum Gasteiger partial charge on any atom is 0.231 e. The van der Waals surface area contributed by atoms with Gasteiger partial charge in [-0.05, 0) is 35.4 Å². The standard InChI is InChI=1S/C21H24N2O5/c1-24-17-5-3-14(4-6-17)11-22-12-16-10-18(28-23-16)7-15-8-19(25-2)21-20(9-15)26-13-27-21/h3-6,8-9,18,22H,7,10-13H2,1-2H3/t18-/m1/s1. The van der Waals surface area contributed by atoms with Crippen molar-refractivity contribution in [3.05, 3.63) is 47.5 Å². The number of ether oxygens (including phenoxy) is 4. The van der Waals surface area contributed by atoms with Crippen molar-refractivity contribution in [3.63, 3.8) is 0 Å².